The van der Waals surface area contributed by atoms with Gasteiger partial charge in [-0.15, -0.1) is 0 Å². The van der Waals surface area contributed by atoms with Gasteiger partial charge >= 0.3 is 17.6 Å². The predicted octanol–water partition coefficient (Wildman–Crippen LogP) is 9.61. The minimum atomic E-state index is -4.97. The van der Waals surface area contributed by atoms with Crippen molar-refractivity contribution in [2.75, 3.05) is 26.4 Å². The van der Waals surface area contributed by atoms with Crippen LogP contribution in [0.4, 0.5) is 0 Å². The number of benzene rings is 1. The van der Waals surface area contributed by atoms with Crippen molar-refractivity contribution >= 4 is 48.2 Å². The summed E-state index contributed by atoms with van der Waals surface area (Å²) < 4.78 is 38.3. The molecular formula is C43H67ClNO12P-2. The highest BCUT2D eigenvalue weighted by atomic mass is 35.5. The lowest BCUT2D eigenvalue weighted by molar-refractivity contribution is -0.268. The Morgan fingerprint density at radius 1 is 0.724 bits per heavy atom. The first-order valence-corrected chi connectivity index (χ1v) is 23.5. The van der Waals surface area contributed by atoms with Crippen LogP contribution in [-0.2, 0) is 32.7 Å². The molecule has 330 valence electrons. The van der Waals surface area contributed by atoms with Crippen LogP contribution >= 0.6 is 19.4 Å². The van der Waals surface area contributed by atoms with E-state index in [1.807, 2.05) is 0 Å². The number of amides is 1. The van der Waals surface area contributed by atoms with Crippen molar-refractivity contribution in [2.45, 2.75) is 174 Å². The first kappa shape index (κ1) is 51.2. The van der Waals surface area contributed by atoms with Crippen LogP contribution in [0.5, 0.6) is 5.75 Å². The van der Waals surface area contributed by atoms with E-state index in [2.05, 4.69) is 19.2 Å². The van der Waals surface area contributed by atoms with E-state index in [9.17, 15) is 33.7 Å². The number of phosphoric ester groups is 1. The van der Waals surface area contributed by atoms with Crippen molar-refractivity contribution < 1.29 is 51.9 Å². The summed E-state index contributed by atoms with van der Waals surface area (Å²) in [7, 11) is -4.97. The molecule has 0 aliphatic carbocycles. The van der Waals surface area contributed by atoms with E-state index in [4.69, 9.17) is 34.5 Å². The number of fused-ring (bicyclic) bond motifs is 1. The third-order valence-electron chi connectivity index (χ3n) is 9.78. The molecule has 0 aliphatic rings. The largest absolute Gasteiger partial charge is 0.871 e. The molecule has 0 fully saturated rings. The van der Waals surface area contributed by atoms with Crippen LogP contribution in [0, 0.1) is 0 Å². The lowest BCUT2D eigenvalue weighted by atomic mass is 10.1. The minimum Gasteiger partial charge on any atom is -0.871 e. The second-order valence-corrected chi connectivity index (χ2v) is 16.8. The standard InChI is InChI=1S/C43H69ClNO12P/c1-3-5-7-9-11-13-15-17-19-21-23-25-40(47)53-32-35(56-41(48)26-24-22-20-18-16-14-12-10-8-6-4-2)33-55-58(51,52)54-28-27-45-42(49)36-29-34-30-37(44)38(46)31-39(34)57-43(36)50/h29-31,35,46H,3-28,32-33H2,1-2H3,(H,45,49)(H,51,52)/p-2. The fourth-order valence-electron chi connectivity index (χ4n) is 6.39. The van der Waals surface area contributed by atoms with E-state index in [1.165, 1.54) is 102 Å². The average molecular weight is 856 g/mol. The maximum atomic E-state index is 12.7. The highest BCUT2D eigenvalue weighted by molar-refractivity contribution is 7.45. The molecule has 0 saturated carbocycles. The Kier molecular flexibility index (Phi) is 27.3. The SMILES string of the molecule is CCCCCCCCCCCCCC(=O)OCC(COP(=O)([O-])OCCNC(=O)c1cc2cc(Cl)c([O-])cc2oc1=O)OC(=O)CCCCCCCCCCCCC. The van der Waals surface area contributed by atoms with Crippen LogP contribution < -0.4 is 20.9 Å². The molecule has 1 aromatic carbocycles. The minimum absolute atomic E-state index is 0.0408. The number of halogens is 1. The first-order chi connectivity index (χ1) is 28.0. The van der Waals surface area contributed by atoms with Crippen LogP contribution in [0.25, 0.3) is 11.0 Å². The molecule has 1 heterocycles. The van der Waals surface area contributed by atoms with Crippen molar-refractivity contribution in [1.82, 2.24) is 5.32 Å². The van der Waals surface area contributed by atoms with E-state index < -0.39 is 56.4 Å². The number of carbonyl (C=O) groups is 3. The number of rotatable bonds is 35. The molecule has 0 radical (unpaired) electrons. The van der Waals surface area contributed by atoms with Gasteiger partial charge in [-0.1, -0.05) is 160 Å². The topological polar surface area (TPSA) is 194 Å². The molecule has 2 rings (SSSR count). The number of hydrogen-bond acceptors (Lipinski definition) is 12. The maximum Gasteiger partial charge on any atom is 0.349 e. The Morgan fingerprint density at radius 2 is 1.22 bits per heavy atom. The van der Waals surface area contributed by atoms with Crippen molar-refractivity contribution in [3.05, 3.63) is 39.2 Å². The summed E-state index contributed by atoms with van der Waals surface area (Å²) in [6.45, 7) is 2.51. The zero-order valence-electron chi connectivity index (χ0n) is 34.8. The molecule has 58 heavy (non-hydrogen) atoms. The molecule has 1 N–H and O–H groups in total. The van der Waals surface area contributed by atoms with Gasteiger partial charge in [-0.25, -0.2) is 4.79 Å². The summed E-state index contributed by atoms with van der Waals surface area (Å²) in [5, 5.41) is 14.2. The van der Waals surface area contributed by atoms with Crippen LogP contribution in [0.2, 0.25) is 5.02 Å². The molecule has 1 amide bonds. The molecule has 2 aromatic rings. The summed E-state index contributed by atoms with van der Waals surface area (Å²) in [4.78, 5) is 62.7. The molecule has 0 saturated heterocycles. The smallest absolute Gasteiger partial charge is 0.349 e. The zero-order valence-corrected chi connectivity index (χ0v) is 36.5. The summed E-state index contributed by atoms with van der Waals surface area (Å²) in [6, 6.07) is 3.50. The molecule has 1 aromatic heterocycles. The van der Waals surface area contributed by atoms with E-state index in [0.717, 1.165) is 44.6 Å². The molecule has 2 atom stereocenters. The second kappa shape index (κ2) is 31.0. The third kappa shape index (κ3) is 23.6. The average Bonchev–Trinajstić information content (AvgIpc) is 3.19. The van der Waals surface area contributed by atoms with E-state index >= 15 is 0 Å². The Morgan fingerprint density at radius 3 is 1.76 bits per heavy atom. The third-order valence-corrected chi connectivity index (χ3v) is 11.0. The van der Waals surface area contributed by atoms with Gasteiger partial charge in [0.05, 0.1) is 13.2 Å². The lowest BCUT2D eigenvalue weighted by Crippen LogP contribution is -2.32. The van der Waals surface area contributed by atoms with Crippen LogP contribution in [0.15, 0.2) is 27.4 Å². The monoisotopic (exact) mass is 855 g/mol. The number of carbonyl (C=O) groups excluding carboxylic acids is 3. The van der Waals surface area contributed by atoms with Crippen molar-refractivity contribution in [2.24, 2.45) is 0 Å². The quantitative estimate of drug-likeness (QED) is 0.0299. The van der Waals surface area contributed by atoms with Crippen LogP contribution in [-0.4, -0.2) is 50.3 Å². The Balaban J connectivity index is 1.78. The number of phosphoric acid groups is 1. The first-order valence-electron chi connectivity index (χ1n) is 21.6. The Labute approximate surface area is 349 Å². The van der Waals surface area contributed by atoms with Gasteiger partial charge in [0, 0.05) is 29.8 Å². The highest BCUT2D eigenvalue weighted by Crippen LogP contribution is 2.38. The Hall–Kier alpha value is -2.96. The van der Waals surface area contributed by atoms with Gasteiger partial charge < -0.3 is 38.3 Å². The van der Waals surface area contributed by atoms with E-state index in [-0.39, 0.29) is 47.5 Å². The number of hydrogen-bond donors (Lipinski definition) is 1. The van der Waals surface area contributed by atoms with Gasteiger partial charge in [0.1, 0.15) is 17.8 Å². The number of unbranched alkanes of at least 4 members (excludes halogenated alkanes) is 20. The number of ether oxygens (including phenoxy) is 2. The van der Waals surface area contributed by atoms with Gasteiger partial charge in [-0.05, 0) is 31.0 Å². The summed E-state index contributed by atoms with van der Waals surface area (Å²) in [6.07, 6.45) is 24.1. The van der Waals surface area contributed by atoms with Gasteiger partial charge in [-0.2, -0.15) is 0 Å². The fourth-order valence-corrected chi connectivity index (χ4v) is 7.30. The summed E-state index contributed by atoms with van der Waals surface area (Å²) in [5.41, 5.74) is -1.44. The zero-order chi connectivity index (χ0) is 42.4. The molecule has 0 bridgehead atoms. The molecule has 0 aliphatic heterocycles. The lowest BCUT2D eigenvalue weighted by Gasteiger charge is -2.25. The van der Waals surface area contributed by atoms with Gasteiger partial charge in [-0.3, -0.25) is 18.9 Å². The van der Waals surface area contributed by atoms with E-state index in [0.29, 0.717) is 12.8 Å². The fraction of sp³-hybridized carbons (Fsp3) is 0.721. The highest BCUT2D eigenvalue weighted by Gasteiger charge is 2.21. The number of esters is 2. The van der Waals surface area contributed by atoms with Crippen molar-refractivity contribution in [1.29, 1.82) is 0 Å². The second-order valence-electron chi connectivity index (χ2n) is 15.0. The summed E-state index contributed by atoms with van der Waals surface area (Å²) >= 11 is 5.85. The van der Waals surface area contributed by atoms with Crippen LogP contribution in [0.1, 0.15) is 178 Å². The van der Waals surface area contributed by atoms with Crippen LogP contribution in [0.3, 0.4) is 0 Å². The molecular weight excluding hydrogens is 789 g/mol. The van der Waals surface area contributed by atoms with Crippen molar-refractivity contribution in [3.63, 3.8) is 0 Å². The molecule has 15 heteroatoms. The van der Waals surface area contributed by atoms with Crippen molar-refractivity contribution in [3.8, 4) is 5.75 Å². The predicted molar refractivity (Wildman–Crippen MR) is 222 cm³/mol. The normalized spacial score (nSPS) is 13.0. The summed E-state index contributed by atoms with van der Waals surface area (Å²) in [5.74, 6) is -2.44. The Bertz CT molecular complexity index is 1580. The number of nitrogens with one attached hydrogen (secondary N) is 1. The molecule has 2 unspecified atom stereocenters. The maximum absolute atomic E-state index is 12.7. The molecule has 13 nitrogen and oxygen atoms in total. The van der Waals surface area contributed by atoms with Gasteiger partial charge in [0.25, 0.3) is 13.7 Å². The van der Waals surface area contributed by atoms with Gasteiger partial charge in [0.15, 0.2) is 6.10 Å². The van der Waals surface area contributed by atoms with Gasteiger partial charge in [0.2, 0.25) is 0 Å². The van der Waals surface area contributed by atoms with E-state index in [1.54, 1.807) is 0 Å². The molecule has 0 spiro atoms.